The lowest BCUT2D eigenvalue weighted by molar-refractivity contribution is -0.137. The van der Waals surface area contributed by atoms with E-state index in [-0.39, 0.29) is 12.5 Å². The maximum absolute atomic E-state index is 12.3. The first-order chi connectivity index (χ1) is 11.1. The molecular weight excluding hydrogens is 296 g/mol. The zero-order chi connectivity index (χ0) is 16.7. The zero-order valence-corrected chi connectivity index (χ0v) is 13.7. The number of carboxylic acids is 1. The van der Waals surface area contributed by atoms with Crippen molar-refractivity contribution in [1.82, 2.24) is 19.8 Å². The van der Waals surface area contributed by atoms with Crippen LogP contribution in [0.4, 0.5) is 0 Å². The third-order valence-electron chi connectivity index (χ3n) is 4.20. The van der Waals surface area contributed by atoms with Crippen LogP contribution in [0.15, 0.2) is 12.4 Å². The molecule has 7 heteroatoms. The number of aromatic nitrogens is 2. The third-order valence-corrected chi connectivity index (χ3v) is 4.20. The fourth-order valence-electron chi connectivity index (χ4n) is 2.92. The van der Waals surface area contributed by atoms with Gasteiger partial charge in [0.2, 0.25) is 5.91 Å². The minimum absolute atomic E-state index is 0.113. The van der Waals surface area contributed by atoms with Crippen molar-refractivity contribution in [1.29, 1.82) is 0 Å². The smallest absolute Gasteiger partial charge is 0.323 e. The first-order valence-electron chi connectivity index (χ1n) is 8.33. The van der Waals surface area contributed by atoms with Crippen molar-refractivity contribution < 1.29 is 14.7 Å². The molecule has 7 nitrogen and oxygen atoms in total. The van der Waals surface area contributed by atoms with Crippen LogP contribution >= 0.6 is 0 Å². The molecule has 2 heterocycles. The fourth-order valence-corrected chi connectivity index (χ4v) is 2.92. The molecule has 0 unspecified atom stereocenters. The quantitative estimate of drug-likeness (QED) is 0.742. The Hall–Kier alpha value is -1.89. The Labute approximate surface area is 136 Å². The first-order valence-corrected chi connectivity index (χ1v) is 8.33. The molecular formula is C16H26N4O3. The zero-order valence-electron chi connectivity index (χ0n) is 13.7. The summed E-state index contributed by atoms with van der Waals surface area (Å²) in [6.45, 7) is 4.66. The van der Waals surface area contributed by atoms with Crippen LogP contribution in [0.2, 0.25) is 0 Å². The highest BCUT2D eigenvalue weighted by atomic mass is 16.4. The van der Waals surface area contributed by atoms with Gasteiger partial charge in [0, 0.05) is 44.4 Å². The molecule has 2 rings (SSSR count). The summed E-state index contributed by atoms with van der Waals surface area (Å²) in [5, 5.41) is 12.4. The Morgan fingerprint density at radius 3 is 2.78 bits per heavy atom. The van der Waals surface area contributed by atoms with Crippen LogP contribution in [-0.4, -0.2) is 57.1 Å². The van der Waals surface area contributed by atoms with Crippen LogP contribution in [0, 0.1) is 0 Å². The number of hydrogen-bond donors (Lipinski definition) is 2. The highest BCUT2D eigenvalue weighted by molar-refractivity contribution is 5.76. The maximum Gasteiger partial charge on any atom is 0.323 e. The number of amides is 1. The normalized spacial score (nSPS) is 15.8. The molecule has 128 valence electrons. The predicted molar refractivity (Wildman–Crippen MR) is 86.1 cm³/mol. The van der Waals surface area contributed by atoms with E-state index in [0.717, 1.165) is 38.9 Å². The van der Waals surface area contributed by atoms with Crippen molar-refractivity contribution in [3.05, 3.63) is 18.2 Å². The molecule has 1 amide bonds. The number of carbonyl (C=O) groups is 2. The summed E-state index contributed by atoms with van der Waals surface area (Å²) in [4.78, 5) is 29.1. The Morgan fingerprint density at radius 1 is 1.39 bits per heavy atom. The van der Waals surface area contributed by atoms with Crippen LogP contribution in [0.3, 0.4) is 0 Å². The number of carboxylic acid groups (broad SMARTS) is 1. The second-order valence-electron chi connectivity index (χ2n) is 5.97. The number of nitrogens with one attached hydrogen (secondary N) is 1. The number of imidazole rings is 1. The fraction of sp³-hybridized carbons (Fsp3) is 0.688. The molecule has 1 saturated heterocycles. The molecule has 0 aliphatic carbocycles. The highest BCUT2D eigenvalue weighted by Crippen LogP contribution is 2.12. The van der Waals surface area contributed by atoms with Crippen LogP contribution < -0.4 is 5.32 Å². The molecule has 0 atom stereocenters. The Kier molecular flexibility index (Phi) is 6.58. The van der Waals surface area contributed by atoms with Gasteiger partial charge in [0.1, 0.15) is 12.4 Å². The molecule has 0 spiro atoms. The minimum Gasteiger partial charge on any atom is -0.480 e. The standard InChI is InChI=1S/C16H26N4O3/c1-2-7-17-13-5-9-19(10-6-13)15(21)4-3-14-18-8-11-20(14)12-16(22)23/h8,11,13,17H,2-7,9-10,12H2,1H3,(H,22,23). The van der Waals surface area contributed by atoms with Gasteiger partial charge in [-0.2, -0.15) is 0 Å². The van der Waals surface area contributed by atoms with Crippen molar-refractivity contribution in [3.8, 4) is 0 Å². The van der Waals surface area contributed by atoms with E-state index in [1.165, 1.54) is 0 Å². The van der Waals surface area contributed by atoms with Gasteiger partial charge in [-0.15, -0.1) is 0 Å². The molecule has 0 bridgehead atoms. The van der Waals surface area contributed by atoms with E-state index in [0.29, 0.717) is 24.7 Å². The van der Waals surface area contributed by atoms with Gasteiger partial charge in [-0.1, -0.05) is 6.92 Å². The topological polar surface area (TPSA) is 87.5 Å². The number of aliphatic carboxylic acids is 1. The van der Waals surface area contributed by atoms with Gasteiger partial charge in [-0.05, 0) is 25.8 Å². The van der Waals surface area contributed by atoms with Crippen molar-refractivity contribution in [2.45, 2.75) is 51.6 Å². The maximum atomic E-state index is 12.3. The Bertz CT molecular complexity index is 521. The lowest BCUT2D eigenvalue weighted by atomic mass is 10.0. The molecule has 0 saturated carbocycles. The summed E-state index contributed by atoms with van der Waals surface area (Å²) < 4.78 is 1.58. The summed E-state index contributed by atoms with van der Waals surface area (Å²) in [6, 6.07) is 0.522. The molecule has 1 fully saturated rings. The van der Waals surface area contributed by atoms with E-state index in [1.54, 1.807) is 17.0 Å². The molecule has 1 aliphatic rings. The second-order valence-corrected chi connectivity index (χ2v) is 5.97. The van der Waals surface area contributed by atoms with E-state index in [9.17, 15) is 9.59 Å². The molecule has 2 N–H and O–H groups in total. The monoisotopic (exact) mass is 322 g/mol. The van der Waals surface area contributed by atoms with Gasteiger partial charge in [0.05, 0.1) is 0 Å². The van der Waals surface area contributed by atoms with Crippen LogP contribution in [0.25, 0.3) is 0 Å². The van der Waals surface area contributed by atoms with Gasteiger partial charge in [-0.3, -0.25) is 9.59 Å². The molecule has 1 aliphatic heterocycles. The van der Waals surface area contributed by atoms with Gasteiger partial charge < -0.3 is 19.9 Å². The van der Waals surface area contributed by atoms with Crippen LogP contribution in [0.1, 0.15) is 38.4 Å². The number of likely N-dealkylation sites (tertiary alicyclic amines) is 1. The molecule has 1 aromatic heterocycles. The largest absolute Gasteiger partial charge is 0.480 e. The van der Waals surface area contributed by atoms with Crippen molar-refractivity contribution >= 4 is 11.9 Å². The van der Waals surface area contributed by atoms with Crippen molar-refractivity contribution in [3.63, 3.8) is 0 Å². The highest BCUT2D eigenvalue weighted by Gasteiger charge is 2.22. The van der Waals surface area contributed by atoms with Gasteiger partial charge in [0.15, 0.2) is 0 Å². The van der Waals surface area contributed by atoms with Crippen molar-refractivity contribution in [2.24, 2.45) is 0 Å². The lowest BCUT2D eigenvalue weighted by Gasteiger charge is -2.32. The van der Waals surface area contributed by atoms with Crippen LogP contribution in [0.5, 0.6) is 0 Å². The SMILES string of the molecule is CCCNC1CCN(C(=O)CCc2nccn2CC(=O)O)CC1. The number of aryl methyl sites for hydroxylation is 1. The molecule has 23 heavy (non-hydrogen) atoms. The van der Waals surface area contributed by atoms with Crippen molar-refractivity contribution in [2.75, 3.05) is 19.6 Å². The van der Waals surface area contributed by atoms with E-state index < -0.39 is 5.97 Å². The average molecular weight is 322 g/mol. The van der Waals surface area contributed by atoms with E-state index in [4.69, 9.17) is 5.11 Å². The summed E-state index contributed by atoms with van der Waals surface area (Å²) in [7, 11) is 0. The summed E-state index contributed by atoms with van der Waals surface area (Å²) in [5.41, 5.74) is 0. The number of nitrogens with zero attached hydrogens (tertiary/aromatic N) is 3. The minimum atomic E-state index is -0.905. The Balaban J connectivity index is 1.75. The van der Waals surface area contributed by atoms with Gasteiger partial charge >= 0.3 is 5.97 Å². The first kappa shape index (κ1) is 17.5. The number of hydrogen-bond acceptors (Lipinski definition) is 4. The van der Waals surface area contributed by atoms with E-state index in [1.807, 2.05) is 4.90 Å². The average Bonchev–Trinajstić information content (AvgIpc) is 2.97. The van der Waals surface area contributed by atoms with E-state index in [2.05, 4.69) is 17.2 Å². The van der Waals surface area contributed by atoms with Gasteiger partial charge in [-0.25, -0.2) is 4.98 Å². The summed E-state index contributed by atoms with van der Waals surface area (Å²) >= 11 is 0. The third kappa shape index (κ3) is 5.35. The van der Waals surface area contributed by atoms with Crippen LogP contribution in [-0.2, 0) is 22.6 Å². The number of rotatable bonds is 8. The second kappa shape index (κ2) is 8.67. The summed E-state index contributed by atoms with van der Waals surface area (Å²) in [5.74, 6) is -0.124. The lowest BCUT2D eigenvalue weighted by Crippen LogP contribution is -2.45. The van der Waals surface area contributed by atoms with E-state index >= 15 is 0 Å². The molecule has 0 radical (unpaired) electrons. The number of piperidine rings is 1. The molecule has 0 aromatic carbocycles. The Morgan fingerprint density at radius 2 is 2.13 bits per heavy atom. The predicted octanol–water partition coefficient (Wildman–Crippen LogP) is 0.891. The summed E-state index contributed by atoms with van der Waals surface area (Å²) in [6.07, 6.45) is 7.20. The van der Waals surface area contributed by atoms with Gasteiger partial charge in [0.25, 0.3) is 0 Å². The molecule has 1 aromatic rings. The number of carbonyl (C=O) groups excluding carboxylic acids is 1.